The third-order valence-corrected chi connectivity index (χ3v) is 3.87. The average molecular weight is 302 g/mol. The van der Waals surface area contributed by atoms with Gasteiger partial charge in [0.2, 0.25) is 0 Å². The number of benzene rings is 2. The number of rotatable bonds is 2. The Kier molecular flexibility index (Phi) is 4.23. The Morgan fingerprint density at radius 1 is 1.10 bits per heavy atom. The number of amides is 1. The maximum atomic E-state index is 12.5. The van der Waals surface area contributed by atoms with E-state index in [1.807, 2.05) is 35.2 Å². The zero-order valence-electron chi connectivity index (χ0n) is 11.5. The van der Waals surface area contributed by atoms with Crippen molar-refractivity contribution < 1.29 is 9.53 Å². The number of ether oxygens (including phenoxy) is 1. The lowest BCUT2D eigenvalue weighted by molar-refractivity contribution is -0.0228. The smallest absolute Gasteiger partial charge is 0.254 e. The van der Waals surface area contributed by atoms with E-state index in [9.17, 15) is 4.79 Å². The summed E-state index contributed by atoms with van der Waals surface area (Å²) < 4.78 is 5.78. The van der Waals surface area contributed by atoms with Gasteiger partial charge in [-0.25, -0.2) is 0 Å². The van der Waals surface area contributed by atoms with Crippen molar-refractivity contribution in [3.8, 4) is 0 Å². The number of morpholine rings is 1. The maximum absolute atomic E-state index is 12.5. The van der Waals surface area contributed by atoms with Crippen LogP contribution in [0.25, 0.3) is 0 Å². The van der Waals surface area contributed by atoms with E-state index in [-0.39, 0.29) is 12.0 Å². The lowest BCUT2D eigenvalue weighted by atomic mass is 10.1. The van der Waals surface area contributed by atoms with Crippen LogP contribution in [0, 0.1) is 0 Å². The molecule has 0 bridgehead atoms. The van der Waals surface area contributed by atoms with Crippen LogP contribution in [0.3, 0.4) is 0 Å². The lowest BCUT2D eigenvalue weighted by Gasteiger charge is -2.33. The fourth-order valence-corrected chi connectivity index (χ4v) is 2.60. The van der Waals surface area contributed by atoms with E-state index in [4.69, 9.17) is 16.3 Å². The highest BCUT2D eigenvalue weighted by molar-refractivity contribution is 6.30. The van der Waals surface area contributed by atoms with Gasteiger partial charge in [0.05, 0.1) is 13.2 Å². The Bertz CT molecular complexity index is 612. The van der Waals surface area contributed by atoms with Crippen LogP contribution in [-0.4, -0.2) is 30.5 Å². The van der Waals surface area contributed by atoms with E-state index in [0.717, 1.165) is 5.56 Å². The third kappa shape index (κ3) is 3.26. The van der Waals surface area contributed by atoms with Crippen LogP contribution >= 0.6 is 11.6 Å². The monoisotopic (exact) mass is 301 g/mol. The molecule has 1 saturated heterocycles. The first kappa shape index (κ1) is 14.1. The SMILES string of the molecule is O=C(c1ccc(Cl)cc1)N1CCOC(c2ccccc2)C1. The molecule has 3 rings (SSSR count). The molecule has 1 aliphatic rings. The van der Waals surface area contributed by atoms with E-state index < -0.39 is 0 Å². The van der Waals surface area contributed by atoms with Crippen LogP contribution in [0.4, 0.5) is 0 Å². The summed E-state index contributed by atoms with van der Waals surface area (Å²) in [4.78, 5) is 14.4. The van der Waals surface area contributed by atoms with Gasteiger partial charge in [0.1, 0.15) is 6.10 Å². The summed E-state index contributed by atoms with van der Waals surface area (Å²) in [6.07, 6.45) is -0.0591. The Morgan fingerprint density at radius 2 is 1.81 bits per heavy atom. The molecule has 1 unspecified atom stereocenters. The molecule has 0 N–H and O–H groups in total. The zero-order chi connectivity index (χ0) is 14.7. The fourth-order valence-electron chi connectivity index (χ4n) is 2.48. The van der Waals surface area contributed by atoms with Gasteiger partial charge in [-0.3, -0.25) is 4.79 Å². The second kappa shape index (κ2) is 6.29. The normalized spacial score (nSPS) is 18.5. The summed E-state index contributed by atoms with van der Waals surface area (Å²) in [5.41, 5.74) is 1.76. The molecule has 108 valence electrons. The van der Waals surface area contributed by atoms with Gasteiger partial charge in [0.15, 0.2) is 0 Å². The standard InChI is InChI=1S/C17H16ClNO2/c18-15-8-6-14(7-9-15)17(20)19-10-11-21-16(12-19)13-4-2-1-3-5-13/h1-9,16H,10-12H2. The van der Waals surface area contributed by atoms with E-state index in [1.54, 1.807) is 24.3 Å². The van der Waals surface area contributed by atoms with Crippen LogP contribution < -0.4 is 0 Å². The first-order valence-corrected chi connectivity index (χ1v) is 7.33. The topological polar surface area (TPSA) is 29.5 Å². The molecule has 0 saturated carbocycles. The molecule has 0 aromatic heterocycles. The van der Waals surface area contributed by atoms with Crippen LogP contribution in [0.5, 0.6) is 0 Å². The molecule has 4 heteroatoms. The molecule has 1 fully saturated rings. The van der Waals surface area contributed by atoms with Crippen molar-refractivity contribution in [1.29, 1.82) is 0 Å². The van der Waals surface area contributed by atoms with Gasteiger partial charge < -0.3 is 9.64 Å². The third-order valence-electron chi connectivity index (χ3n) is 3.62. The van der Waals surface area contributed by atoms with E-state index >= 15 is 0 Å². The van der Waals surface area contributed by atoms with Crippen LogP contribution in [0.2, 0.25) is 5.02 Å². The summed E-state index contributed by atoms with van der Waals surface area (Å²) in [6, 6.07) is 17.0. The van der Waals surface area contributed by atoms with Crippen molar-refractivity contribution >= 4 is 17.5 Å². The molecule has 2 aromatic carbocycles. The van der Waals surface area contributed by atoms with Gasteiger partial charge in [-0.15, -0.1) is 0 Å². The van der Waals surface area contributed by atoms with E-state index in [2.05, 4.69) is 0 Å². The van der Waals surface area contributed by atoms with E-state index in [1.165, 1.54) is 0 Å². The van der Waals surface area contributed by atoms with Crippen molar-refractivity contribution in [3.05, 3.63) is 70.7 Å². The molecular weight excluding hydrogens is 286 g/mol. The predicted octanol–water partition coefficient (Wildman–Crippen LogP) is 3.55. The van der Waals surface area contributed by atoms with Crippen molar-refractivity contribution in [3.63, 3.8) is 0 Å². The molecule has 0 aliphatic carbocycles. The Balaban J connectivity index is 1.74. The molecule has 2 aromatic rings. The summed E-state index contributed by atoms with van der Waals surface area (Å²) in [5.74, 6) is 0.0240. The number of halogens is 1. The molecule has 21 heavy (non-hydrogen) atoms. The summed E-state index contributed by atoms with van der Waals surface area (Å²) in [7, 11) is 0. The highest BCUT2D eigenvalue weighted by atomic mass is 35.5. The van der Waals surface area contributed by atoms with Gasteiger partial charge in [-0.2, -0.15) is 0 Å². The molecule has 0 radical (unpaired) electrons. The summed E-state index contributed by atoms with van der Waals surface area (Å²) >= 11 is 5.86. The van der Waals surface area contributed by atoms with Gasteiger partial charge >= 0.3 is 0 Å². The fraction of sp³-hybridized carbons (Fsp3) is 0.235. The van der Waals surface area contributed by atoms with Crippen molar-refractivity contribution in [2.45, 2.75) is 6.10 Å². The number of carbonyl (C=O) groups is 1. The highest BCUT2D eigenvalue weighted by Gasteiger charge is 2.25. The highest BCUT2D eigenvalue weighted by Crippen LogP contribution is 2.23. The van der Waals surface area contributed by atoms with Crippen molar-refractivity contribution in [1.82, 2.24) is 4.90 Å². The molecule has 3 nitrogen and oxygen atoms in total. The average Bonchev–Trinajstić information content (AvgIpc) is 2.56. The van der Waals surface area contributed by atoms with Gasteiger partial charge in [0.25, 0.3) is 5.91 Å². The molecule has 1 amide bonds. The van der Waals surface area contributed by atoms with Crippen molar-refractivity contribution in [2.24, 2.45) is 0 Å². The minimum Gasteiger partial charge on any atom is -0.370 e. The largest absolute Gasteiger partial charge is 0.370 e. The minimum absolute atomic E-state index is 0.0240. The first-order chi connectivity index (χ1) is 10.2. The Morgan fingerprint density at radius 3 is 2.52 bits per heavy atom. The van der Waals surface area contributed by atoms with Crippen molar-refractivity contribution in [2.75, 3.05) is 19.7 Å². The van der Waals surface area contributed by atoms with E-state index in [0.29, 0.717) is 30.3 Å². The van der Waals surface area contributed by atoms with Crippen LogP contribution in [-0.2, 0) is 4.74 Å². The second-order valence-corrected chi connectivity index (χ2v) is 5.46. The quantitative estimate of drug-likeness (QED) is 0.849. The molecule has 1 atom stereocenters. The summed E-state index contributed by atoms with van der Waals surface area (Å²) in [5, 5.41) is 0.635. The number of nitrogens with zero attached hydrogens (tertiary/aromatic N) is 1. The zero-order valence-corrected chi connectivity index (χ0v) is 12.3. The molecule has 1 heterocycles. The minimum atomic E-state index is -0.0591. The van der Waals surface area contributed by atoms with Crippen LogP contribution in [0.1, 0.15) is 22.0 Å². The maximum Gasteiger partial charge on any atom is 0.254 e. The molecular formula is C17H16ClNO2. The van der Waals surface area contributed by atoms with Gasteiger partial charge in [-0.05, 0) is 29.8 Å². The number of hydrogen-bond donors (Lipinski definition) is 0. The first-order valence-electron chi connectivity index (χ1n) is 6.95. The predicted molar refractivity (Wildman–Crippen MR) is 82.5 cm³/mol. The Labute approximate surface area is 129 Å². The Hall–Kier alpha value is -1.84. The summed E-state index contributed by atoms with van der Waals surface area (Å²) in [6.45, 7) is 1.75. The molecule has 1 aliphatic heterocycles. The second-order valence-electron chi connectivity index (χ2n) is 5.03. The lowest BCUT2D eigenvalue weighted by Crippen LogP contribution is -2.42. The number of hydrogen-bond acceptors (Lipinski definition) is 2. The molecule has 0 spiro atoms. The number of carbonyl (C=O) groups excluding carboxylic acids is 1. The van der Waals surface area contributed by atoms with Gasteiger partial charge in [-0.1, -0.05) is 41.9 Å². The van der Waals surface area contributed by atoms with Crippen LogP contribution in [0.15, 0.2) is 54.6 Å². The van der Waals surface area contributed by atoms with Gasteiger partial charge in [0, 0.05) is 17.1 Å².